The number of para-hydroxylation sites is 1. The van der Waals surface area contributed by atoms with E-state index in [4.69, 9.17) is 10.5 Å². The van der Waals surface area contributed by atoms with E-state index in [0.717, 1.165) is 22.7 Å². The molecular formula is C16H23N3O. The maximum atomic E-state index is 6.19. The van der Waals surface area contributed by atoms with Crippen LogP contribution in [0.25, 0.3) is 11.0 Å². The van der Waals surface area contributed by atoms with Crippen molar-refractivity contribution in [3.63, 3.8) is 0 Å². The molecule has 1 saturated carbocycles. The van der Waals surface area contributed by atoms with Gasteiger partial charge in [0.1, 0.15) is 11.3 Å². The lowest BCUT2D eigenvalue weighted by molar-refractivity contribution is 0.419. The molecule has 0 aliphatic heterocycles. The van der Waals surface area contributed by atoms with E-state index in [1.54, 1.807) is 7.11 Å². The average molecular weight is 273 g/mol. The predicted molar refractivity (Wildman–Crippen MR) is 82.0 cm³/mol. The van der Waals surface area contributed by atoms with E-state index in [2.05, 4.69) is 22.5 Å². The second kappa shape index (κ2) is 5.35. The van der Waals surface area contributed by atoms with Crippen LogP contribution in [0.5, 0.6) is 5.75 Å². The average Bonchev–Trinajstić information content (AvgIpc) is 2.63. The van der Waals surface area contributed by atoms with Gasteiger partial charge in [0.05, 0.1) is 12.6 Å². The smallest absolute Gasteiger partial charge is 0.201 e. The van der Waals surface area contributed by atoms with Crippen LogP contribution in [0, 0.1) is 5.92 Å². The molecule has 2 atom stereocenters. The molecule has 4 heteroatoms. The summed E-state index contributed by atoms with van der Waals surface area (Å²) in [6.45, 7) is 2.35. The minimum absolute atomic E-state index is 0.469. The molecule has 1 heterocycles. The van der Waals surface area contributed by atoms with E-state index in [0.29, 0.717) is 12.0 Å². The van der Waals surface area contributed by atoms with Crippen LogP contribution in [0.1, 0.15) is 45.1 Å². The third-order valence-electron chi connectivity index (χ3n) is 4.52. The SMILES string of the molecule is COc1cccc2c1nc(N)n2C1CCCC(C)CC1. The van der Waals surface area contributed by atoms with Gasteiger partial charge in [-0.25, -0.2) is 4.98 Å². The topological polar surface area (TPSA) is 53.1 Å². The molecule has 1 fully saturated rings. The summed E-state index contributed by atoms with van der Waals surface area (Å²) in [5.41, 5.74) is 8.17. The van der Waals surface area contributed by atoms with Gasteiger partial charge >= 0.3 is 0 Å². The van der Waals surface area contributed by atoms with Gasteiger partial charge in [-0.3, -0.25) is 0 Å². The standard InChI is InChI=1S/C16H23N3O/c1-11-5-3-6-12(10-9-11)19-13-7-4-8-14(20-2)15(13)18-16(19)17/h4,7-8,11-12H,3,5-6,9-10H2,1-2H3,(H2,17,18). The number of nitrogens with zero attached hydrogens (tertiary/aromatic N) is 2. The minimum Gasteiger partial charge on any atom is -0.494 e. The summed E-state index contributed by atoms with van der Waals surface area (Å²) in [7, 11) is 1.68. The van der Waals surface area contributed by atoms with Crippen molar-refractivity contribution < 1.29 is 4.74 Å². The molecule has 4 nitrogen and oxygen atoms in total. The van der Waals surface area contributed by atoms with Crippen LogP contribution in [-0.4, -0.2) is 16.7 Å². The third kappa shape index (κ3) is 2.23. The number of hydrogen-bond donors (Lipinski definition) is 1. The molecule has 1 aliphatic carbocycles. The Bertz CT molecular complexity index is 605. The van der Waals surface area contributed by atoms with E-state index >= 15 is 0 Å². The van der Waals surface area contributed by atoms with Crippen molar-refractivity contribution in [1.29, 1.82) is 0 Å². The van der Waals surface area contributed by atoms with Crippen LogP contribution in [0.4, 0.5) is 5.95 Å². The number of hydrogen-bond acceptors (Lipinski definition) is 3. The third-order valence-corrected chi connectivity index (χ3v) is 4.52. The molecule has 1 aromatic carbocycles. The fraction of sp³-hybridized carbons (Fsp3) is 0.562. The van der Waals surface area contributed by atoms with Crippen LogP contribution < -0.4 is 10.5 Å². The summed E-state index contributed by atoms with van der Waals surface area (Å²) in [5.74, 6) is 2.24. The van der Waals surface area contributed by atoms with Crippen LogP contribution in [0.3, 0.4) is 0 Å². The summed E-state index contributed by atoms with van der Waals surface area (Å²) < 4.78 is 7.61. The van der Waals surface area contributed by atoms with E-state index < -0.39 is 0 Å². The Morgan fingerprint density at radius 1 is 1.25 bits per heavy atom. The molecule has 2 N–H and O–H groups in total. The number of imidazole rings is 1. The number of methoxy groups -OCH3 is 1. The number of ether oxygens (including phenoxy) is 1. The highest BCUT2D eigenvalue weighted by Gasteiger charge is 2.22. The fourth-order valence-corrected chi connectivity index (χ4v) is 3.38. The molecule has 1 aliphatic rings. The summed E-state index contributed by atoms with van der Waals surface area (Å²) in [6, 6.07) is 6.51. The lowest BCUT2D eigenvalue weighted by Crippen LogP contribution is -2.11. The largest absolute Gasteiger partial charge is 0.494 e. The van der Waals surface area contributed by atoms with Crippen LogP contribution in [0.15, 0.2) is 18.2 Å². The van der Waals surface area contributed by atoms with Crippen molar-refractivity contribution >= 4 is 17.0 Å². The van der Waals surface area contributed by atoms with Crippen molar-refractivity contribution in [3.05, 3.63) is 18.2 Å². The highest BCUT2D eigenvalue weighted by atomic mass is 16.5. The molecule has 2 unspecified atom stereocenters. The molecule has 0 amide bonds. The molecule has 1 aromatic heterocycles. The Morgan fingerprint density at radius 2 is 2.10 bits per heavy atom. The molecule has 3 rings (SSSR count). The normalized spacial score (nSPS) is 23.7. The van der Waals surface area contributed by atoms with Gasteiger partial charge in [0, 0.05) is 6.04 Å². The van der Waals surface area contributed by atoms with Gasteiger partial charge in [-0.15, -0.1) is 0 Å². The van der Waals surface area contributed by atoms with E-state index in [1.807, 2.05) is 12.1 Å². The molecule has 0 bridgehead atoms. The first-order chi connectivity index (χ1) is 9.70. The Kier molecular flexibility index (Phi) is 3.55. The van der Waals surface area contributed by atoms with Crippen molar-refractivity contribution in [2.75, 3.05) is 12.8 Å². The Hall–Kier alpha value is -1.71. The Labute approximate surface area is 119 Å². The van der Waals surface area contributed by atoms with Crippen LogP contribution >= 0.6 is 0 Å². The monoisotopic (exact) mass is 273 g/mol. The van der Waals surface area contributed by atoms with E-state index in [9.17, 15) is 0 Å². The van der Waals surface area contributed by atoms with Crippen molar-refractivity contribution in [1.82, 2.24) is 9.55 Å². The zero-order chi connectivity index (χ0) is 14.1. The summed E-state index contributed by atoms with van der Waals surface area (Å²) in [5, 5.41) is 0. The van der Waals surface area contributed by atoms with Crippen molar-refractivity contribution in [3.8, 4) is 5.75 Å². The molecule has 108 valence electrons. The maximum Gasteiger partial charge on any atom is 0.201 e. The fourth-order valence-electron chi connectivity index (χ4n) is 3.38. The van der Waals surface area contributed by atoms with Gasteiger partial charge in [0.15, 0.2) is 0 Å². The second-order valence-electron chi connectivity index (χ2n) is 5.94. The maximum absolute atomic E-state index is 6.19. The number of rotatable bonds is 2. The first-order valence-corrected chi connectivity index (χ1v) is 7.51. The summed E-state index contributed by atoms with van der Waals surface area (Å²) in [6.07, 6.45) is 6.25. The zero-order valence-electron chi connectivity index (χ0n) is 12.3. The van der Waals surface area contributed by atoms with Gasteiger partial charge < -0.3 is 15.0 Å². The second-order valence-corrected chi connectivity index (χ2v) is 5.94. The number of anilines is 1. The van der Waals surface area contributed by atoms with Gasteiger partial charge in [-0.2, -0.15) is 0 Å². The van der Waals surface area contributed by atoms with E-state index in [1.165, 1.54) is 32.1 Å². The minimum atomic E-state index is 0.469. The predicted octanol–water partition coefficient (Wildman–Crippen LogP) is 3.77. The van der Waals surface area contributed by atoms with Gasteiger partial charge in [-0.05, 0) is 37.3 Å². The summed E-state index contributed by atoms with van der Waals surface area (Å²) >= 11 is 0. The van der Waals surface area contributed by atoms with Gasteiger partial charge in [0.2, 0.25) is 5.95 Å². The van der Waals surface area contributed by atoms with E-state index in [-0.39, 0.29) is 0 Å². The molecule has 20 heavy (non-hydrogen) atoms. The van der Waals surface area contributed by atoms with Crippen LogP contribution in [0.2, 0.25) is 0 Å². The lowest BCUT2D eigenvalue weighted by atomic mass is 10.0. The van der Waals surface area contributed by atoms with Crippen LogP contribution in [-0.2, 0) is 0 Å². The highest BCUT2D eigenvalue weighted by molar-refractivity contribution is 5.84. The van der Waals surface area contributed by atoms with Crippen molar-refractivity contribution in [2.45, 2.75) is 45.1 Å². The molecule has 2 aromatic rings. The van der Waals surface area contributed by atoms with Gasteiger partial charge in [-0.1, -0.05) is 25.8 Å². The highest BCUT2D eigenvalue weighted by Crippen LogP contribution is 2.36. The molecule has 0 radical (unpaired) electrons. The molecule has 0 saturated heterocycles. The Balaban J connectivity index is 2.04. The first-order valence-electron chi connectivity index (χ1n) is 7.51. The zero-order valence-corrected chi connectivity index (χ0v) is 12.3. The number of benzene rings is 1. The van der Waals surface area contributed by atoms with Crippen molar-refractivity contribution in [2.24, 2.45) is 5.92 Å². The number of nitrogens with two attached hydrogens (primary N) is 1. The summed E-state index contributed by atoms with van der Waals surface area (Å²) in [4.78, 5) is 4.52. The number of aromatic nitrogens is 2. The Morgan fingerprint density at radius 3 is 2.90 bits per heavy atom. The first kappa shape index (κ1) is 13.3. The molecule has 0 spiro atoms. The number of fused-ring (bicyclic) bond motifs is 1. The number of nitrogen functional groups attached to an aromatic ring is 1. The molecular weight excluding hydrogens is 250 g/mol. The van der Waals surface area contributed by atoms with Gasteiger partial charge in [0.25, 0.3) is 0 Å². The lowest BCUT2D eigenvalue weighted by Gasteiger charge is -2.18. The quantitative estimate of drug-likeness (QED) is 0.847.